The van der Waals surface area contributed by atoms with E-state index in [0.717, 1.165) is 37.6 Å². The van der Waals surface area contributed by atoms with Gasteiger partial charge in [-0.2, -0.15) is 5.26 Å². The first-order valence-electron chi connectivity index (χ1n) is 8.17. The predicted octanol–water partition coefficient (Wildman–Crippen LogP) is 3.07. The van der Waals surface area contributed by atoms with Gasteiger partial charge in [0.25, 0.3) is 5.91 Å². The fraction of sp³-hybridized carbons (Fsp3) is 0.200. The molecule has 0 unspecified atom stereocenters. The van der Waals surface area contributed by atoms with Crippen molar-refractivity contribution in [3.05, 3.63) is 65.7 Å². The van der Waals surface area contributed by atoms with E-state index in [1.807, 2.05) is 48.5 Å². The summed E-state index contributed by atoms with van der Waals surface area (Å²) < 4.78 is 5.36. The van der Waals surface area contributed by atoms with Gasteiger partial charge < -0.3 is 15.0 Å². The molecule has 1 heterocycles. The summed E-state index contributed by atoms with van der Waals surface area (Å²) in [4.78, 5) is 14.5. The van der Waals surface area contributed by atoms with Crippen molar-refractivity contribution in [1.29, 1.82) is 5.26 Å². The minimum atomic E-state index is -0.411. The second-order valence-corrected chi connectivity index (χ2v) is 5.68. The first-order chi connectivity index (χ1) is 12.3. The molecule has 126 valence electrons. The van der Waals surface area contributed by atoms with Crippen molar-refractivity contribution in [3.8, 4) is 6.07 Å². The van der Waals surface area contributed by atoms with Crippen LogP contribution in [0.2, 0.25) is 0 Å². The summed E-state index contributed by atoms with van der Waals surface area (Å²) in [5.74, 6) is -0.411. The molecule has 25 heavy (non-hydrogen) atoms. The number of benzene rings is 2. The van der Waals surface area contributed by atoms with Crippen molar-refractivity contribution in [1.82, 2.24) is 0 Å². The number of hydrogen-bond donors (Lipinski definition) is 1. The molecule has 1 amide bonds. The highest BCUT2D eigenvalue weighted by Crippen LogP contribution is 2.18. The summed E-state index contributed by atoms with van der Waals surface area (Å²) in [5, 5.41) is 12.0. The van der Waals surface area contributed by atoms with Crippen molar-refractivity contribution in [2.45, 2.75) is 0 Å². The monoisotopic (exact) mass is 333 g/mol. The largest absolute Gasteiger partial charge is 0.378 e. The SMILES string of the molecule is N#C/C(=C\c1ccc(N2CCOCC2)cc1)C(=O)Nc1ccccc1. The van der Waals surface area contributed by atoms with E-state index in [-0.39, 0.29) is 5.57 Å². The van der Waals surface area contributed by atoms with Gasteiger partial charge in [0.2, 0.25) is 0 Å². The van der Waals surface area contributed by atoms with Gasteiger partial charge >= 0.3 is 0 Å². The number of hydrogen-bond acceptors (Lipinski definition) is 4. The van der Waals surface area contributed by atoms with Crippen LogP contribution < -0.4 is 10.2 Å². The second-order valence-electron chi connectivity index (χ2n) is 5.68. The van der Waals surface area contributed by atoms with Crippen LogP contribution in [0.15, 0.2) is 60.2 Å². The van der Waals surface area contributed by atoms with Crippen LogP contribution in [0.1, 0.15) is 5.56 Å². The van der Waals surface area contributed by atoms with E-state index < -0.39 is 5.91 Å². The summed E-state index contributed by atoms with van der Waals surface area (Å²) in [6, 6.07) is 18.9. The van der Waals surface area contributed by atoms with Crippen LogP contribution in [0.25, 0.3) is 6.08 Å². The molecule has 0 aliphatic carbocycles. The number of amides is 1. The quantitative estimate of drug-likeness (QED) is 0.690. The average Bonchev–Trinajstić information content (AvgIpc) is 2.68. The lowest BCUT2D eigenvalue weighted by atomic mass is 10.1. The maximum atomic E-state index is 12.2. The molecule has 1 aliphatic heterocycles. The molecule has 5 nitrogen and oxygen atoms in total. The van der Waals surface area contributed by atoms with Crippen molar-refractivity contribution in [2.75, 3.05) is 36.5 Å². The molecule has 5 heteroatoms. The molecule has 0 atom stereocenters. The number of rotatable bonds is 4. The standard InChI is InChI=1S/C20H19N3O2/c21-15-17(20(24)22-18-4-2-1-3-5-18)14-16-6-8-19(9-7-16)23-10-12-25-13-11-23/h1-9,14H,10-13H2,(H,22,24)/b17-14+. The van der Waals surface area contributed by atoms with Gasteiger partial charge in [-0.25, -0.2) is 0 Å². The van der Waals surface area contributed by atoms with Gasteiger partial charge in [0.15, 0.2) is 0 Å². The Kier molecular flexibility index (Phi) is 5.45. The van der Waals surface area contributed by atoms with E-state index in [1.165, 1.54) is 0 Å². The number of anilines is 2. The Morgan fingerprint density at radius 2 is 1.76 bits per heavy atom. The van der Waals surface area contributed by atoms with E-state index in [9.17, 15) is 10.1 Å². The van der Waals surface area contributed by atoms with Gasteiger partial charge in [0.1, 0.15) is 11.6 Å². The molecule has 1 fully saturated rings. The molecule has 1 saturated heterocycles. The molecule has 1 aliphatic rings. The number of carbonyl (C=O) groups is 1. The highest BCUT2D eigenvalue weighted by atomic mass is 16.5. The summed E-state index contributed by atoms with van der Waals surface area (Å²) in [7, 11) is 0. The molecule has 0 radical (unpaired) electrons. The van der Waals surface area contributed by atoms with Gasteiger partial charge in [0.05, 0.1) is 13.2 Å². The van der Waals surface area contributed by atoms with Gasteiger partial charge in [-0.05, 0) is 35.9 Å². The van der Waals surface area contributed by atoms with E-state index in [0.29, 0.717) is 5.69 Å². The Morgan fingerprint density at radius 3 is 2.40 bits per heavy atom. The third-order valence-corrected chi connectivity index (χ3v) is 3.98. The van der Waals surface area contributed by atoms with Gasteiger partial charge in [-0.3, -0.25) is 4.79 Å². The Hall–Kier alpha value is -3.10. The number of nitrogens with zero attached hydrogens (tertiary/aromatic N) is 2. The molecule has 0 spiro atoms. The van der Waals surface area contributed by atoms with Crippen LogP contribution in [0.3, 0.4) is 0 Å². The lowest BCUT2D eigenvalue weighted by Gasteiger charge is -2.28. The summed E-state index contributed by atoms with van der Waals surface area (Å²) >= 11 is 0. The number of nitriles is 1. The lowest BCUT2D eigenvalue weighted by molar-refractivity contribution is -0.112. The second kappa shape index (κ2) is 8.13. The minimum Gasteiger partial charge on any atom is -0.378 e. The number of nitrogens with one attached hydrogen (secondary N) is 1. The van der Waals surface area contributed by atoms with Crippen molar-refractivity contribution in [3.63, 3.8) is 0 Å². The third-order valence-electron chi connectivity index (χ3n) is 3.98. The van der Waals surface area contributed by atoms with Crippen molar-refractivity contribution >= 4 is 23.4 Å². The van der Waals surface area contributed by atoms with Gasteiger partial charge in [-0.15, -0.1) is 0 Å². The minimum absolute atomic E-state index is 0.0722. The summed E-state index contributed by atoms with van der Waals surface area (Å²) in [6.45, 7) is 3.22. The zero-order chi connectivity index (χ0) is 17.5. The Labute approximate surface area is 147 Å². The molecule has 3 rings (SSSR count). The first kappa shape index (κ1) is 16.7. The number of para-hydroxylation sites is 1. The van der Waals surface area contributed by atoms with Gasteiger partial charge in [0, 0.05) is 24.5 Å². The van der Waals surface area contributed by atoms with Gasteiger partial charge in [-0.1, -0.05) is 30.3 Å². The molecule has 0 aromatic heterocycles. The predicted molar refractivity (Wildman–Crippen MR) is 98.1 cm³/mol. The van der Waals surface area contributed by atoms with Crippen LogP contribution in [0, 0.1) is 11.3 Å². The molecular weight excluding hydrogens is 314 g/mol. The van der Waals surface area contributed by atoms with Crippen LogP contribution in [0.5, 0.6) is 0 Å². The number of ether oxygens (including phenoxy) is 1. The molecule has 2 aromatic carbocycles. The maximum Gasteiger partial charge on any atom is 0.266 e. The fourth-order valence-corrected chi connectivity index (χ4v) is 2.64. The van der Waals surface area contributed by atoms with Crippen LogP contribution in [-0.4, -0.2) is 32.2 Å². The lowest BCUT2D eigenvalue weighted by Crippen LogP contribution is -2.36. The molecule has 1 N–H and O–H groups in total. The van der Waals surface area contributed by atoms with Crippen molar-refractivity contribution in [2.24, 2.45) is 0 Å². The Morgan fingerprint density at radius 1 is 1.08 bits per heavy atom. The number of carbonyl (C=O) groups excluding carboxylic acids is 1. The highest BCUT2D eigenvalue weighted by molar-refractivity contribution is 6.09. The fourth-order valence-electron chi connectivity index (χ4n) is 2.64. The topological polar surface area (TPSA) is 65.4 Å². The van der Waals surface area contributed by atoms with E-state index in [4.69, 9.17) is 4.74 Å². The summed E-state index contributed by atoms with van der Waals surface area (Å²) in [6.07, 6.45) is 1.60. The average molecular weight is 333 g/mol. The zero-order valence-corrected chi connectivity index (χ0v) is 13.8. The Balaban J connectivity index is 1.71. The zero-order valence-electron chi connectivity index (χ0n) is 13.8. The smallest absolute Gasteiger partial charge is 0.266 e. The van der Waals surface area contributed by atoms with Crippen LogP contribution in [-0.2, 0) is 9.53 Å². The van der Waals surface area contributed by atoms with Crippen LogP contribution >= 0.6 is 0 Å². The summed E-state index contributed by atoms with van der Waals surface area (Å²) in [5.41, 5.74) is 2.67. The molecular formula is C20H19N3O2. The van der Waals surface area contributed by atoms with E-state index in [1.54, 1.807) is 18.2 Å². The van der Waals surface area contributed by atoms with Crippen molar-refractivity contribution < 1.29 is 9.53 Å². The van der Waals surface area contributed by atoms with E-state index in [2.05, 4.69) is 10.2 Å². The first-order valence-corrected chi connectivity index (χ1v) is 8.17. The Bertz CT molecular complexity index is 786. The maximum absolute atomic E-state index is 12.2. The third kappa shape index (κ3) is 4.46. The van der Waals surface area contributed by atoms with E-state index >= 15 is 0 Å². The normalized spacial score (nSPS) is 14.7. The molecule has 0 saturated carbocycles. The molecule has 0 bridgehead atoms. The van der Waals surface area contributed by atoms with Crippen LogP contribution in [0.4, 0.5) is 11.4 Å². The molecule has 2 aromatic rings. The highest BCUT2D eigenvalue weighted by Gasteiger charge is 2.12. The number of morpholine rings is 1.